The molecule has 1 aromatic carbocycles. The van der Waals surface area contributed by atoms with Crippen LogP contribution >= 0.6 is 0 Å². The number of hydrogen-bond acceptors (Lipinski definition) is 2. The molecule has 1 aromatic rings. The summed E-state index contributed by atoms with van der Waals surface area (Å²) in [5, 5.41) is 9.09. The van der Waals surface area contributed by atoms with Crippen molar-refractivity contribution in [1.29, 1.82) is 0 Å². The highest BCUT2D eigenvalue weighted by Gasteiger charge is 2.33. The van der Waals surface area contributed by atoms with Gasteiger partial charge in [0.25, 0.3) is 0 Å². The molecule has 1 amide bonds. The van der Waals surface area contributed by atoms with Gasteiger partial charge in [-0.25, -0.2) is 4.79 Å². The first-order chi connectivity index (χ1) is 7.61. The van der Waals surface area contributed by atoms with E-state index in [0.717, 1.165) is 11.3 Å². The van der Waals surface area contributed by atoms with Gasteiger partial charge >= 0.3 is 5.97 Å². The first-order valence-corrected chi connectivity index (χ1v) is 5.22. The predicted octanol–water partition coefficient (Wildman–Crippen LogP) is 1.44. The highest BCUT2D eigenvalue weighted by atomic mass is 16.4. The fourth-order valence-corrected chi connectivity index (χ4v) is 2.17. The summed E-state index contributed by atoms with van der Waals surface area (Å²) in [7, 11) is 0. The number of benzene rings is 1. The molecule has 1 atom stereocenters. The van der Waals surface area contributed by atoms with E-state index in [9.17, 15) is 9.59 Å². The average molecular weight is 219 g/mol. The Hall–Kier alpha value is -1.84. The van der Waals surface area contributed by atoms with Crippen molar-refractivity contribution in [2.75, 3.05) is 4.90 Å². The molecule has 4 heteroatoms. The zero-order valence-electron chi connectivity index (χ0n) is 9.01. The molecule has 1 unspecified atom stereocenters. The van der Waals surface area contributed by atoms with Crippen LogP contribution in [0.25, 0.3) is 0 Å². The van der Waals surface area contributed by atoms with Gasteiger partial charge in [0.1, 0.15) is 6.04 Å². The maximum Gasteiger partial charge on any atom is 0.326 e. The van der Waals surface area contributed by atoms with Crippen molar-refractivity contribution in [1.82, 2.24) is 0 Å². The zero-order valence-corrected chi connectivity index (χ0v) is 9.01. The maximum atomic E-state index is 11.5. The molecule has 0 fully saturated rings. The van der Waals surface area contributed by atoms with E-state index in [0.29, 0.717) is 12.8 Å². The van der Waals surface area contributed by atoms with Crippen molar-refractivity contribution >= 4 is 17.6 Å². The number of carbonyl (C=O) groups excluding carboxylic acids is 1. The Morgan fingerprint density at radius 2 is 2.06 bits per heavy atom. The third-order valence-electron chi connectivity index (χ3n) is 2.87. The summed E-state index contributed by atoms with van der Waals surface area (Å²) in [5.74, 6) is -1.16. The number of carbonyl (C=O) groups is 2. The van der Waals surface area contributed by atoms with E-state index in [-0.39, 0.29) is 5.91 Å². The molecule has 0 aromatic heterocycles. The van der Waals surface area contributed by atoms with Gasteiger partial charge in [-0.15, -0.1) is 0 Å². The molecule has 1 heterocycles. The van der Waals surface area contributed by atoms with Crippen LogP contribution in [0.1, 0.15) is 18.9 Å². The smallest absolute Gasteiger partial charge is 0.326 e. The molecule has 16 heavy (non-hydrogen) atoms. The predicted molar refractivity (Wildman–Crippen MR) is 59.3 cm³/mol. The van der Waals surface area contributed by atoms with E-state index in [1.807, 2.05) is 18.2 Å². The van der Waals surface area contributed by atoms with Crippen LogP contribution in [-0.2, 0) is 16.0 Å². The van der Waals surface area contributed by atoms with Crippen LogP contribution in [0.3, 0.4) is 0 Å². The Balaban J connectivity index is 2.47. The summed E-state index contributed by atoms with van der Waals surface area (Å²) >= 11 is 0. The molecule has 4 nitrogen and oxygen atoms in total. The van der Waals surface area contributed by atoms with Crippen molar-refractivity contribution in [2.24, 2.45) is 0 Å². The lowest BCUT2D eigenvalue weighted by Gasteiger charge is -2.33. The van der Waals surface area contributed by atoms with E-state index >= 15 is 0 Å². The summed E-state index contributed by atoms with van der Waals surface area (Å²) in [4.78, 5) is 24.0. The first kappa shape index (κ1) is 10.7. The number of rotatable bonds is 1. The van der Waals surface area contributed by atoms with E-state index < -0.39 is 12.0 Å². The van der Waals surface area contributed by atoms with Crippen LogP contribution < -0.4 is 4.90 Å². The molecule has 0 aliphatic carbocycles. The van der Waals surface area contributed by atoms with Crippen molar-refractivity contribution in [3.63, 3.8) is 0 Å². The molecule has 1 N–H and O–H groups in total. The number of anilines is 1. The van der Waals surface area contributed by atoms with Crippen LogP contribution in [0.4, 0.5) is 5.69 Å². The zero-order chi connectivity index (χ0) is 11.7. The molecule has 0 saturated heterocycles. The lowest BCUT2D eigenvalue weighted by atomic mass is 9.96. The highest BCUT2D eigenvalue weighted by molar-refractivity contribution is 5.99. The third kappa shape index (κ3) is 1.66. The lowest BCUT2D eigenvalue weighted by molar-refractivity contribution is -0.140. The largest absolute Gasteiger partial charge is 0.480 e. The second-order valence-corrected chi connectivity index (χ2v) is 3.91. The summed E-state index contributed by atoms with van der Waals surface area (Å²) in [6, 6.07) is 6.72. The molecule has 0 saturated carbocycles. The number of fused-ring (bicyclic) bond motifs is 1. The molecule has 0 radical (unpaired) electrons. The molecule has 84 valence electrons. The molecular formula is C12H13NO3. The normalized spacial score (nSPS) is 19.1. The number of hydrogen-bond donors (Lipinski definition) is 1. The number of aryl methyl sites for hydroxylation is 1. The number of carboxylic acid groups (broad SMARTS) is 1. The minimum absolute atomic E-state index is 0.223. The van der Waals surface area contributed by atoms with Gasteiger partial charge in [-0.2, -0.15) is 0 Å². The van der Waals surface area contributed by atoms with Crippen LogP contribution in [-0.4, -0.2) is 23.0 Å². The van der Waals surface area contributed by atoms with Crippen molar-refractivity contribution in [3.05, 3.63) is 29.8 Å². The minimum Gasteiger partial charge on any atom is -0.480 e. The van der Waals surface area contributed by atoms with Crippen molar-refractivity contribution < 1.29 is 14.7 Å². The monoisotopic (exact) mass is 219 g/mol. The van der Waals surface area contributed by atoms with Gasteiger partial charge in [-0.1, -0.05) is 18.2 Å². The van der Waals surface area contributed by atoms with E-state index in [2.05, 4.69) is 0 Å². The van der Waals surface area contributed by atoms with Gasteiger partial charge in [-0.05, 0) is 24.5 Å². The van der Waals surface area contributed by atoms with E-state index in [1.54, 1.807) is 6.07 Å². The van der Waals surface area contributed by atoms with Crippen LogP contribution in [0, 0.1) is 0 Å². The Kier molecular flexibility index (Phi) is 2.64. The standard InChI is InChI=1S/C12H13NO3/c1-8(14)13-10-5-3-2-4-9(10)6-7-11(13)12(15)16/h2-5,11H,6-7H2,1H3,(H,15,16). The Labute approximate surface area is 93.5 Å². The number of amides is 1. The van der Waals surface area contributed by atoms with Gasteiger partial charge in [0, 0.05) is 12.6 Å². The summed E-state index contributed by atoms with van der Waals surface area (Å²) in [6.07, 6.45) is 1.18. The Bertz CT molecular complexity index is 442. The highest BCUT2D eigenvalue weighted by Crippen LogP contribution is 2.30. The topological polar surface area (TPSA) is 57.6 Å². The van der Waals surface area contributed by atoms with Crippen molar-refractivity contribution in [2.45, 2.75) is 25.8 Å². The van der Waals surface area contributed by atoms with E-state index in [4.69, 9.17) is 5.11 Å². The van der Waals surface area contributed by atoms with Crippen LogP contribution in [0.15, 0.2) is 24.3 Å². The van der Waals surface area contributed by atoms with Crippen molar-refractivity contribution in [3.8, 4) is 0 Å². The first-order valence-electron chi connectivity index (χ1n) is 5.22. The Morgan fingerprint density at radius 1 is 1.38 bits per heavy atom. The average Bonchev–Trinajstić information content (AvgIpc) is 2.27. The molecule has 1 aliphatic rings. The fraction of sp³-hybridized carbons (Fsp3) is 0.333. The molecule has 2 rings (SSSR count). The van der Waals surface area contributed by atoms with Crippen LogP contribution in [0.5, 0.6) is 0 Å². The van der Waals surface area contributed by atoms with Gasteiger partial charge in [0.15, 0.2) is 0 Å². The number of carboxylic acids is 1. The van der Waals surface area contributed by atoms with Gasteiger partial charge < -0.3 is 5.11 Å². The second-order valence-electron chi connectivity index (χ2n) is 3.91. The quantitative estimate of drug-likeness (QED) is 0.777. The van der Waals surface area contributed by atoms with Gasteiger partial charge in [0.2, 0.25) is 5.91 Å². The molecule has 1 aliphatic heterocycles. The number of para-hydroxylation sites is 1. The number of aliphatic carboxylic acids is 1. The van der Waals surface area contributed by atoms with Gasteiger partial charge in [-0.3, -0.25) is 9.69 Å². The summed E-state index contributed by atoms with van der Waals surface area (Å²) in [5.41, 5.74) is 1.77. The Morgan fingerprint density at radius 3 is 2.69 bits per heavy atom. The molecule has 0 bridgehead atoms. The summed E-state index contributed by atoms with van der Waals surface area (Å²) in [6.45, 7) is 1.40. The third-order valence-corrected chi connectivity index (χ3v) is 2.87. The maximum absolute atomic E-state index is 11.5. The van der Waals surface area contributed by atoms with Crippen LogP contribution in [0.2, 0.25) is 0 Å². The van der Waals surface area contributed by atoms with Gasteiger partial charge in [0.05, 0.1) is 0 Å². The molecule has 0 spiro atoms. The minimum atomic E-state index is -0.940. The summed E-state index contributed by atoms with van der Waals surface area (Å²) < 4.78 is 0. The van der Waals surface area contributed by atoms with E-state index in [1.165, 1.54) is 11.8 Å². The number of nitrogens with zero attached hydrogens (tertiary/aromatic N) is 1. The SMILES string of the molecule is CC(=O)N1c2ccccc2CCC1C(=O)O. The lowest BCUT2D eigenvalue weighted by Crippen LogP contribution is -2.47. The molecular weight excluding hydrogens is 206 g/mol. The second kappa shape index (κ2) is 3.96. The fourth-order valence-electron chi connectivity index (χ4n) is 2.17.